The zero-order chi connectivity index (χ0) is 15.4. The fourth-order valence-electron chi connectivity index (χ4n) is 3.12. The van der Waals surface area contributed by atoms with Gasteiger partial charge in [0.25, 0.3) is 0 Å². The zero-order valence-electron chi connectivity index (χ0n) is 13.7. The van der Waals surface area contributed by atoms with E-state index in [2.05, 4.69) is 27.1 Å². The van der Waals surface area contributed by atoms with E-state index in [1.807, 2.05) is 24.3 Å². The SMILES string of the molecule is CCNCC1CCN(Cc2nc(N)c3ccccc3n2)CC1.Cl. The van der Waals surface area contributed by atoms with Crippen molar-refractivity contribution in [2.75, 3.05) is 31.9 Å². The van der Waals surface area contributed by atoms with E-state index in [9.17, 15) is 0 Å². The monoisotopic (exact) mass is 335 g/mol. The van der Waals surface area contributed by atoms with Crippen molar-refractivity contribution in [1.29, 1.82) is 0 Å². The Labute approximate surface area is 144 Å². The van der Waals surface area contributed by atoms with Gasteiger partial charge in [0.05, 0.1) is 12.1 Å². The van der Waals surface area contributed by atoms with Crippen LogP contribution < -0.4 is 11.1 Å². The number of hydrogen-bond donors (Lipinski definition) is 2. The molecule has 3 rings (SSSR count). The number of rotatable bonds is 5. The third kappa shape index (κ3) is 4.53. The lowest BCUT2D eigenvalue weighted by Gasteiger charge is -2.31. The normalized spacial score (nSPS) is 16.4. The van der Waals surface area contributed by atoms with Gasteiger partial charge in [-0.05, 0) is 57.1 Å². The molecule has 1 aliphatic heterocycles. The van der Waals surface area contributed by atoms with Crippen molar-refractivity contribution in [2.45, 2.75) is 26.3 Å². The summed E-state index contributed by atoms with van der Waals surface area (Å²) in [4.78, 5) is 11.6. The number of piperidine rings is 1. The molecule has 1 saturated heterocycles. The van der Waals surface area contributed by atoms with E-state index in [-0.39, 0.29) is 12.4 Å². The highest BCUT2D eigenvalue weighted by Crippen LogP contribution is 2.20. The molecule has 1 aromatic carbocycles. The fourth-order valence-corrected chi connectivity index (χ4v) is 3.12. The Morgan fingerprint density at radius 1 is 1.22 bits per heavy atom. The number of aromatic nitrogens is 2. The van der Waals surface area contributed by atoms with Gasteiger partial charge in [-0.1, -0.05) is 19.1 Å². The third-order valence-corrected chi connectivity index (χ3v) is 4.43. The first-order valence-electron chi connectivity index (χ1n) is 8.20. The van der Waals surface area contributed by atoms with Gasteiger partial charge in [-0.25, -0.2) is 9.97 Å². The number of nitrogens with one attached hydrogen (secondary N) is 1. The van der Waals surface area contributed by atoms with Gasteiger partial charge in [0, 0.05) is 5.39 Å². The van der Waals surface area contributed by atoms with Crippen LogP contribution in [0.3, 0.4) is 0 Å². The van der Waals surface area contributed by atoms with Crippen LogP contribution in [-0.4, -0.2) is 41.0 Å². The van der Waals surface area contributed by atoms with Crippen LogP contribution in [0.25, 0.3) is 10.9 Å². The second kappa shape index (κ2) is 8.43. The summed E-state index contributed by atoms with van der Waals surface area (Å²) in [5.41, 5.74) is 7.00. The van der Waals surface area contributed by atoms with Crippen LogP contribution in [0.4, 0.5) is 5.82 Å². The third-order valence-electron chi connectivity index (χ3n) is 4.43. The van der Waals surface area contributed by atoms with Gasteiger partial charge in [0.2, 0.25) is 0 Å². The molecule has 126 valence electrons. The first-order chi connectivity index (χ1) is 10.8. The molecule has 0 unspecified atom stereocenters. The largest absolute Gasteiger partial charge is 0.383 e. The molecule has 2 heterocycles. The molecule has 0 aliphatic carbocycles. The minimum Gasteiger partial charge on any atom is -0.383 e. The maximum Gasteiger partial charge on any atom is 0.145 e. The van der Waals surface area contributed by atoms with Gasteiger partial charge in [0.15, 0.2) is 0 Å². The molecule has 0 bridgehead atoms. The van der Waals surface area contributed by atoms with Gasteiger partial charge in [-0.2, -0.15) is 0 Å². The van der Waals surface area contributed by atoms with Crippen molar-refractivity contribution in [3.8, 4) is 0 Å². The molecular weight excluding hydrogens is 310 g/mol. The van der Waals surface area contributed by atoms with Gasteiger partial charge in [-0.3, -0.25) is 4.90 Å². The van der Waals surface area contributed by atoms with Crippen molar-refractivity contribution < 1.29 is 0 Å². The van der Waals surface area contributed by atoms with Gasteiger partial charge in [-0.15, -0.1) is 12.4 Å². The van der Waals surface area contributed by atoms with Crippen LogP contribution in [0.15, 0.2) is 24.3 Å². The van der Waals surface area contributed by atoms with Crippen molar-refractivity contribution in [3.63, 3.8) is 0 Å². The summed E-state index contributed by atoms with van der Waals surface area (Å²) in [5.74, 6) is 2.22. The maximum atomic E-state index is 6.06. The Bertz CT molecular complexity index is 625. The lowest BCUT2D eigenvalue weighted by atomic mass is 9.97. The molecule has 1 aromatic heterocycles. The molecule has 5 nitrogen and oxygen atoms in total. The number of likely N-dealkylation sites (tertiary alicyclic amines) is 1. The van der Waals surface area contributed by atoms with Crippen LogP contribution in [0, 0.1) is 5.92 Å². The van der Waals surface area contributed by atoms with E-state index in [0.717, 1.165) is 55.4 Å². The summed E-state index contributed by atoms with van der Waals surface area (Å²) in [7, 11) is 0. The topological polar surface area (TPSA) is 67.1 Å². The number of para-hydroxylation sites is 1. The highest BCUT2D eigenvalue weighted by Gasteiger charge is 2.19. The van der Waals surface area contributed by atoms with E-state index in [4.69, 9.17) is 5.73 Å². The van der Waals surface area contributed by atoms with Crippen LogP contribution in [0.5, 0.6) is 0 Å². The van der Waals surface area contributed by atoms with E-state index in [1.54, 1.807) is 0 Å². The molecule has 0 radical (unpaired) electrons. The number of fused-ring (bicyclic) bond motifs is 1. The summed E-state index contributed by atoms with van der Waals surface area (Å²) in [6.07, 6.45) is 2.49. The van der Waals surface area contributed by atoms with Crippen molar-refractivity contribution in [3.05, 3.63) is 30.1 Å². The quantitative estimate of drug-likeness (QED) is 0.878. The second-order valence-electron chi connectivity index (χ2n) is 6.07. The van der Waals surface area contributed by atoms with Gasteiger partial charge < -0.3 is 11.1 Å². The van der Waals surface area contributed by atoms with Gasteiger partial charge >= 0.3 is 0 Å². The summed E-state index contributed by atoms with van der Waals surface area (Å²) in [6.45, 7) is 7.39. The number of nitrogens with two attached hydrogens (primary N) is 1. The molecule has 1 fully saturated rings. The van der Waals surface area contributed by atoms with Crippen LogP contribution in [0.1, 0.15) is 25.6 Å². The number of nitrogen functional groups attached to an aromatic ring is 1. The van der Waals surface area contributed by atoms with Crippen molar-refractivity contribution in [1.82, 2.24) is 20.2 Å². The second-order valence-corrected chi connectivity index (χ2v) is 6.07. The van der Waals surface area contributed by atoms with Crippen molar-refractivity contribution in [2.24, 2.45) is 5.92 Å². The fraction of sp³-hybridized carbons (Fsp3) is 0.529. The smallest absolute Gasteiger partial charge is 0.145 e. The van der Waals surface area contributed by atoms with Crippen LogP contribution >= 0.6 is 12.4 Å². The molecular formula is C17H26ClN5. The molecule has 2 aromatic rings. The Morgan fingerprint density at radius 3 is 2.70 bits per heavy atom. The van der Waals surface area contributed by atoms with Gasteiger partial charge in [0.1, 0.15) is 11.6 Å². The average molecular weight is 336 g/mol. The predicted molar refractivity (Wildman–Crippen MR) is 97.7 cm³/mol. The van der Waals surface area contributed by atoms with Crippen molar-refractivity contribution >= 4 is 29.1 Å². The van der Waals surface area contributed by atoms with E-state index in [1.165, 1.54) is 12.8 Å². The molecule has 3 N–H and O–H groups in total. The zero-order valence-corrected chi connectivity index (χ0v) is 14.5. The first-order valence-corrected chi connectivity index (χ1v) is 8.20. The number of anilines is 1. The summed E-state index contributed by atoms with van der Waals surface area (Å²) >= 11 is 0. The Balaban J connectivity index is 0.00000192. The molecule has 0 spiro atoms. The number of hydrogen-bond acceptors (Lipinski definition) is 5. The molecule has 0 atom stereocenters. The number of halogens is 1. The maximum absolute atomic E-state index is 6.06. The van der Waals surface area contributed by atoms with E-state index in [0.29, 0.717) is 5.82 Å². The number of benzene rings is 1. The highest BCUT2D eigenvalue weighted by atomic mass is 35.5. The standard InChI is InChI=1S/C17H25N5.ClH/c1-2-19-11-13-7-9-22(10-8-13)12-16-20-15-6-4-3-5-14(15)17(18)21-16;/h3-6,13,19H,2,7-12H2,1H3,(H2,18,20,21);1H. The van der Waals surface area contributed by atoms with Crippen LogP contribution in [-0.2, 0) is 6.54 Å². The predicted octanol–water partition coefficient (Wildman–Crippen LogP) is 2.46. The molecule has 0 saturated carbocycles. The summed E-state index contributed by atoms with van der Waals surface area (Å²) in [5, 5.41) is 4.39. The van der Waals surface area contributed by atoms with E-state index >= 15 is 0 Å². The number of nitrogens with zero attached hydrogens (tertiary/aromatic N) is 3. The Kier molecular flexibility index (Phi) is 6.57. The first kappa shape index (κ1) is 17.9. The summed E-state index contributed by atoms with van der Waals surface area (Å²) < 4.78 is 0. The highest BCUT2D eigenvalue weighted by molar-refractivity contribution is 5.87. The Morgan fingerprint density at radius 2 is 1.96 bits per heavy atom. The minimum atomic E-state index is 0. The average Bonchev–Trinajstić information content (AvgIpc) is 2.54. The molecule has 23 heavy (non-hydrogen) atoms. The molecule has 6 heteroatoms. The lowest BCUT2D eigenvalue weighted by molar-refractivity contribution is 0.172. The van der Waals surface area contributed by atoms with Crippen LogP contribution in [0.2, 0.25) is 0 Å². The molecule has 0 amide bonds. The molecule has 1 aliphatic rings. The van der Waals surface area contributed by atoms with E-state index < -0.39 is 0 Å². The summed E-state index contributed by atoms with van der Waals surface area (Å²) in [6, 6.07) is 7.93. The lowest BCUT2D eigenvalue weighted by Crippen LogP contribution is -2.37. The Hall–Kier alpha value is -1.43. The minimum absolute atomic E-state index is 0.